The number of rotatable bonds is 2. The number of urea groups is 1. The van der Waals surface area contributed by atoms with Gasteiger partial charge in [0.1, 0.15) is 10.1 Å². The van der Waals surface area contributed by atoms with Crippen LogP contribution in [0.15, 0.2) is 24.4 Å². The van der Waals surface area contributed by atoms with E-state index in [2.05, 4.69) is 15.0 Å². The molecule has 2 aliphatic heterocycles. The van der Waals surface area contributed by atoms with E-state index in [1.807, 2.05) is 0 Å². The predicted molar refractivity (Wildman–Crippen MR) is 105 cm³/mol. The number of carbonyl (C=O) groups is 2. The van der Waals surface area contributed by atoms with E-state index < -0.39 is 17.8 Å². The van der Waals surface area contributed by atoms with E-state index in [9.17, 15) is 22.8 Å². The number of aromatic nitrogens is 1. The molecular formula is C18H16ClF3N4O3S. The maximum absolute atomic E-state index is 12.9. The molecule has 7 nitrogen and oxygen atoms in total. The molecule has 2 aliphatic rings. The minimum absolute atomic E-state index is 0.128. The number of ether oxygens (including phenoxy) is 1. The van der Waals surface area contributed by atoms with Crippen molar-refractivity contribution in [2.75, 3.05) is 29.9 Å². The van der Waals surface area contributed by atoms with Gasteiger partial charge in [-0.1, -0.05) is 22.9 Å². The number of benzene rings is 1. The molecule has 1 N–H and O–H groups in total. The van der Waals surface area contributed by atoms with E-state index in [4.69, 9.17) is 11.6 Å². The van der Waals surface area contributed by atoms with Crippen molar-refractivity contribution < 1.29 is 27.5 Å². The van der Waals surface area contributed by atoms with Crippen molar-refractivity contribution in [2.24, 2.45) is 0 Å². The Bertz CT molecular complexity index is 1010. The molecule has 1 saturated heterocycles. The number of likely N-dealkylation sites (tertiary alicyclic amines) is 1. The summed E-state index contributed by atoms with van der Waals surface area (Å²) in [6.07, 6.45) is -2.91. The van der Waals surface area contributed by atoms with Crippen molar-refractivity contribution in [3.63, 3.8) is 0 Å². The molecule has 30 heavy (non-hydrogen) atoms. The molecule has 3 heterocycles. The van der Waals surface area contributed by atoms with Crippen LogP contribution >= 0.6 is 22.9 Å². The number of nitrogens with one attached hydrogen (secondary N) is 1. The van der Waals surface area contributed by atoms with Crippen LogP contribution in [0.25, 0.3) is 0 Å². The number of anilines is 2. The third kappa shape index (κ3) is 3.91. The largest absolute Gasteiger partial charge is 0.573 e. The van der Waals surface area contributed by atoms with Crippen LogP contribution in [0.1, 0.15) is 18.9 Å². The molecule has 2 aromatic rings. The summed E-state index contributed by atoms with van der Waals surface area (Å²) in [5.74, 6) is -0.493. The average Bonchev–Trinajstić information content (AvgIpc) is 3.33. The Morgan fingerprint density at radius 2 is 2.10 bits per heavy atom. The number of nitrogens with zero attached hydrogens (tertiary/aromatic N) is 3. The zero-order valence-corrected chi connectivity index (χ0v) is 17.2. The number of alkyl halides is 3. The Morgan fingerprint density at radius 1 is 1.33 bits per heavy atom. The van der Waals surface area contributed by atoms with Crippen LogP contribution in [0, 0.1) is 0 Å². The van der Waals surface area contributed by atoms with Gasteiger partial charge in [0.15, 0.2) is 5.13 Å². The van der Waals surface area contributed by atoms with Gasteiger partial charge in [0.2, 0.25) is 5.91 Å². The normalized spacial score (nSPS) is 20.6. The van der Waals surface area contributed by atoms with Gasteiger partial charge in [-0.3, -0.25) is 15.0 Å². The van der Waals surface area contributed by atoms with Crippen molar-refractivity contribution in [1.29, 1.82) is 0 Å². The summed E-state index contributed by atoms with van der Waals surface area (Å²) in [6, 6.07) is 3.42. The van der Waals surface area contributed by atoms with E-state index >= 15 is 0 Å². The highest BCUT2D eigenvalue weighted by molar-refractivity contribution is 7.19. The van der Waals surface area contributed by atoms with Crippen LogP contribution in [0.4, 0.5) is 28.8 Å². The Balaban J connectivity index is 1.68. The molecule has 0 bridgehead atoms. The Kier molecular flexibility index (Phi) is 5.05. The monoisotopic (exact) mass is 460 g/mol. The highest BCUT2D eigenvalue weighted by Gasteiger charge is 2.50. The number of hydrogen-bond acceptors (Lipinski definition) is 5. The first-order valence-corrected chi connectivity index (χ1v) is 10.1. The first-order valence-electron chi connectivity index (χ1n) is 8.92. The second-order valence-electron chi connectivity index (χ2n) is 7.18. The summed E-state index contributed by atoms with van der Waals surface area (Å²) in [5.41, 5.74) is 0.333. The molecule has 0 aliphatic carbocycles. The maximum Gasteiger partial charge on any atom is 0.573 e. The summed E-state index contributed by atoms with van der Waals surface area (Å²) in [6.45, 7) is 2.41. The van der Waals surface area contributed by atoms with Crippen LogP contribution in [-0.4, -0.2) is 47.8 Å². The lowest BCUT2D eigenvalue weighted by atomic mass is 9.81. The smallest absolute Gasteiger partial charge is 0.406 e. The molecule has 0 saturated carbocycles. The standard InChI is InChI=1S/C18H16ClF3N4O3S/c1-10(27)25-5-4-17(8-25)9-26(16(28)24-15-23-7-14(19)30-15)13-3-2-11(6-12(13)17)29-18(20,21)22/h2-3,6-7H,4-5,8-9H2,1H3,(H,23,24,28). The summed E-state index contributed by atoms with van der Waals surface area (Å²) < 4.78 is 42.6. The number of halogens is 4. The first-order chi connectivity index (χ1) is 14.1. The third-order valence-corrected chi connectivity index (χ3v) is 6.29. The van der Waals surface area contributed by atoms with E-state index in [1.54, 1.807) is 4.90 Å². The molecular weight excluding hydrogens is 445 g/mol. The van der Waals surface area contributed by atoms with Crippen LogP contribution in [-0.2, 0) is 10.2 Å². The lowest BCUT2D eigenvalue weighted by molar-refractivity contribution is -0.274. The molecule has 1 aromatic carbocycles. The zero-order valence-electron chi connectivity index (χ0n) is 15.6. The number of hydrogen-bond donors (Lipinski definition) is 1. The second kappa shape index (κ2) is 7.31. The molecule has 1 atom stereocenters. The Hall–Kier alpha value is -2.53. The highest BCUT2D eigenvalue weighted by Crippen LogP contribution is 2.48. The third-order valence-electron chi connectivity index (χ3n) is 5.26. The van der Waals surface area contributed by atoms with Gasteiger partial charge in [-0.25, -0.2) is 9.78 Å². The number of carbonyl (C=O) groups excluding carboxylic acids is 2. The van der Waals surface area contributed by atoms with Crippen molar-refractivity contribution >= 4 is 45.7 Å². The predicted octanol–water partition coefficient (Wildman–Crippen LogP) is 4.24. The molecule has 1 spiro atoms. The first kappa shape index (κ1) is 20.7. The van der Waals surface area contributed by atoms with E-state index in [0.29, 0.717) is 40.2 Å². The Labute approximate surface area is 178 Å². The fourth-order valence-corrected chi connectivity index (χ4v) is 4.79. The average molecular weight is 461 g/mol. The highest BCUT2D eigenvalue weighted by atomic mass is 35.5. The van der Waals surface area contributed by atoms with E-state index in [0.717, 1.165) is 11.3 Å². The summed E-state index contributed by atoms with van der Waals surface area (Å²) in [4.78, 5) is 31.8. The zero-order chi connectivity index (χ0) is 21.7. The Morgan fingerprint density at radius 3 is 2.70 bits per heavy atom. The van der Waals surface area contributed by atoms with E-state index in [1.165, 1.54) is 36.2 Å². The molecule has 0 radical (unpaired) electrons. The second-order valence-corrected chi connectivity index (χ2v) is 8.85. The van der Waals surface area contributed by atoms with E-state index in [-0.39, 0.29) is 18.2 Å². The summed E-state index contributed by atoms with van der Waals surface area (Å²) in [7, 11) is 0. The van der Waals surface area contributed by atoms with Crippen LogP contribution in [0.5, 0.6) is 5.75 Å². The van der Waals surface area contributed by atoms with Crippen molar-refractivity contribution in [3.05, 3.63) is 34.3 Å². The minimum Gasteiger partial charge on any atom is -0.406 e. The topological polar surface area (TPSA) is 74.8 Å². The number of thiazole rings is 1. The fraction of sp³-hybridized carbons (Fsp3) is 0.389. The van der Waals surface area contributed by atoms with Crippen molar-refractivity contribution in [1.82, 2.24) is 9.88 Å². The molecule has 1 aromatic heterocycles. The molecule has 3 amide bonds. The van der Waals surface area contributed by atoms with Gasteiger partial charge in [0.05, 0.1) is 6.20 Å². The van der Waals surface area contributed by atoms with Gasteiger partial charge in [-0.15, -0.1) is 13.2 Å². The van der Waals surface area contributed by atoms with Crippen molar-refractivity contribution in [3.8, 4) is 5.75 Å². The molecule has 1 fully saturated rings. The minimum atomic E-state index is -4.83. The molecule has 12 heteroatoms. The summed E-state index contributed by atoms with van der Waals surface area (Å²) in [5, 5.41) is 2.96. The van der Waals surface area contributed by atoms with Gasteiger partial charge in [0, 0.05) is 37.7 Å². The SMILES string of the molecule is CC(=O)N1CCC2(C1)CN(C(=O)Nc1ncc(Cl)s1)c1ccc(OC(F)(F)F)cc12. The quantitative estimate of drug-likeness (QED) is 0.727. The lowest BCUT2D eigenvalue weighted by Crippen LogP contribution is -2.41. The molecule has 1 unspecified atom stereocenters. The fourth-order valence-electron chi connectivity index (χ4n) is 3.99. The number of fused-ring (bicyclic) bond motifs is 2. The van der Waals surface area contributed by atoms with Crippen LogP contribution in [0.2, 0.25) is 4.34 Å². The molecule has 4 rings (SSSR count). The van der Waals surface area contributed by atoms with Gasteiger partial charge in [0.25, 0.3) is 0 Å². The van der Waals surface area contributed by atoms with Gasteiger partial charge in [-0.2, -0.15) is 0 Å². The van der Waals surface area contributed by atoms with Gasteiger partial charge < -0.3 is 9.64 Å². The van der Waals surface area contributed by atoms with Crippen LogP contribution < -0.4 is 15.0 Å². The molecule has 160 valence electrons. The maximum atomic E-state index is 12.9. The van der Waals surface area contributed by atoms with Crippen molar-refractivity contribution in [2.45, 2.75) is 25.1 Å². The van der Waals surface area contributed by atoms with Gasteiger partial charge in [-0.05, 0) is 30.2 Å². The lowest BCUT2D eigenvalue weighted by Gasteiger charge is -2.25. The van der Waals surface area contributed by atoms with Crippen LogP contribution in [0.3, 0.4) is 0 Å². The van der Waals surface area contributed by atoms with Gasteiger partial charge >= 0.3 is 12.4 Å². The summed E-state index contributed by atoms with van der Waals surface area (Å²) >= 11 is 6.94. The number of amides is 3.